The molecule has 0 amide bonds. The fraction of sp³-hybridized carbons (Fsp3) is 0.533. The Labute approximate surface area is 130 Å². The highest BCUT2D eigenvalue weighted by molar-refractivity contribution is 6.30. The van der Waals surface area contributed by atoms with Gasteiger partial charge in [0.15, 0.2) is 17.6 Å². The topological polar surface area (TPSA) is 56.8 Å². The number of carbonyl (C=O) groups is 1. The van der Waals surface area contributed by atoms with Gasteiger partial charge < -0.3 is 19.5 Å². The first-order valence-electron chi connectivity index (χ1n) is 6.85. The summed E-state index contributed by atoms with van der Waals surface area (Å²) in [6.45, 7) is 5.17. The van der Waals surface area contributed by atoms with Gasteiger partial charge >= 0.3 is 5.97 Å². The van der Waals surface area contributed by atoms with Crippen LogP contribution in [-0.2, 0) is 16.1 Å². The molecular formula is C15H22ClNO4. The number of ether oxygens (including phenoxy) is 3. The Kier molecular flexibility index (Phi) is 7.32. The number of halogens is 1. The molecule has 1 rings (SSSR count). The molecule has 6 heteroatoms. The first-order chi connectivity index (χ1) is 10.0. The molecule has 0 aliphatic carbocycles. The number of benzene rings is 1. The van der Waals surface area contributed by atoms with Crippen molar-refractivity contribution in [3.8, 4) is 11.5 Å². The van der Waals surface area contributed by atoms with Gasteiger partial charge in [-0.2, -0.15) is 0 Å². The molecule has 0 bridgehead atoms. The molecule has 0 spiro atoms. The summed E-state index contributed by atoms with van der Waals surface area (Å²) >= 11 is 6.08. The van der Waals surface area contributed by atoms with Crippen molar-refractivity contribution in [3.63, 3.8) is 0 Å². The minimum atomic E-state index is -0.727. The highest BCUT2D eigenvalue weighted by Gasteiger charge is 2.20. The van der Waals surface area contributed by atoms with Gasteiger partial charge in [0.05, 0.1) is 14.2 Å². The minimum Gasteiger partial charge on any atom is -0.493 e. The Hall–Kier alpha value is -1.46. The Bertz CT molecular complexity index is 479. The molecule has 1 aromatic carbocycles. The Morgan fingerprint density at radius 1 is 1.38 bits per heavy atom. The van der Waals surface area contributed by atoms with Crippen LogP contribution in [0.25, 0.3) is 0 Å². The predicted molar refractivity (Wildman–Crippen MR) is 82.1 cm³/mol. The van der Waals surface area contributed by atoms with E-state index in [9.17, 15) is 4.79 Å². The van der Waals surface area contributed by atoms with E-state index >= 15 is 0 Å². The van der Waals surface area contributed by atoms with Crippen LogP contribution in [0.15, 0.2) is 12.1 Å². The van der Waals surface area contributed by atoms with Gasteiger partial charge in [0.2, 0.25) is 0 Å². The van der Waals surface area contributed by atoms with Gasteiger partial charge in [0.1, 0.15) is 0 Å². The molecule has 0 heterocycles. The summed E-state index contributed by atoms with van der Waals surface area (Å²) in [7, 11) is 2.86. The molecule has 0 saturated heterocycles. The largest absolute Gasteiger partial charge is 0.493 e. The maximum Gasteiger partial charge on any atom is 0.346 e. The van der Waals surface area contributed by atoms with Crippen molar-refractivity contribution in [2.75, 3.05) is 20.8 Å². The quantitative estimate of drug-likeness (QED) is 0.590. The molecule has 1 N–H and O–H groups in total. The maximum absolute atomic E-state index is 11.5. The first-order valence-corrected chi connectivity index (χ1v) is 7.22. The molecule has 1 atom stereocenters. The lowest BCUT2D eigenvalue weighted by Gasteiger charge is -2.19. The molecule has 1 aromatic rings. The van der Waals surface area contributed by atoms with Gasteiger partial charge in [0.25, 0.3) is 0 Å². The van der Waals surface area contributed by atoms with Crippen molar-refractivity contribution in [2.45, 2.75) is 32.9 Å². The zero-order chi connectivity index (χ0) is 15.8. The van der Waals surface area contributed by atoms with E-state index in [4.69, 9.17) is 21.1 Å². The zero-order valence-corrected chi connectivity index (χ0v) is 13.6. The van der Waals surface area contributed by atoms with Crippen LogP contribution in [0.4, 0.5) is 0 Å². The van der Waals surface area contributed by atoms with Gasteiger partial charge in [-0.15, -0.1) is 0 Å². The summed E-state index contributed by atoms with van der Waals surface area (Å²) < 4.78 is 15.7. The van der Waals surface area contributed by atoms with E-state index in [1.165, 1.54) is 14.2 Å². The molecule has 0 saturated carbocycles. The Morgan fingerprint density at radius 3 is 2.67 bits per heavy atom. The van der Waals surface area contributed by atoms with Crippen LogP contribution in [0.3, 0.4) is 0 Å². The number of hydrogen-bond donors (Lipinski definition) is 1. The van der Waals surface area contributed by atoms with Crippen molar-refractivity contribution in [1.82, 2.24) is 5.32 Å². The number of methoxy groups -OCH3 is 2. The van der Waals surface area contributed by atoms with Gasteiger partial charge in [-0.25, -0.2) is 4.79 Å². The maximum atomic E-state index is 11.5. The molecule has 21 heavy (non-hydrogen) atoms. The SMILES string of the molecule is CCCNCc1cc(Cl)cc(OC)c1OC(C)C(=O)OC. The van der Waals surface area contributed by atoms with Gasteiger partial charge in [-0.3, -0.25) is 0 Å². The van der Waals surface area contributed by atoms with Gasteiger partial charge in [-0.1, -0.05) is 18.5 Å². The smallest absolute Gasteiger partial charge is 0.346 e. The Balaban J connectivity index is 3.03. The third-order valence-electron chi connectivity index (χ3n) is 2.89. The van der Waals surface area contributed by atoms with E-state index in [-0.39, 0.29) is 0 Å². The van der Waals surface area contributed by atoms with Crippen LogP contribution in [0.2, 0.25) is 5.02 Å². The van der Waals surface area contributed by atoms with Crippen molar-refractivity contribution in [1.29, 1.82) is 0 Å². The summed E-state index contributed by atoms with van der Waals surface area (Å²) in [5, 5.41) is 3.83. The van der Waals surface area contributed by atoms with Gasteiger partial charge in [0, 0.05) is 23.2 Å². The van der Waals surface area contributed by atoms with Crippen LogP contribution in [0, 0.1) is 0 Å². The number of esters is 1. The molecule has 0 fully saturated rings. The van der Waals surface area contributed by atoms with Crippen molar-refractivity contribution in [2.24, 2.45) is 0 Å². The van der Waals surface area contributed by atoms with Crippen LogP contribution in [-0.4, -0.2) is 32.8 Å². The van der Waals surface area contributed by atoms with E-state index in [0.717, 1.165) is 18.5 Å². The average molecular weight is 316 g/mol. The number of nitrogens with one attached hydrogen (secondary N) is 1. The lowest BCUT2D eigenvalue weighted by Crippen LogP contribution is -2.26. The predicted octanol–water partition coefficient (Wildman–Crippen LogP) is 2.79. The summed E-state index contributed by atoms with van der Waals surface area (Å²) in [5.74, 6) is 0.550. The van der Waals surface area contributed by atoms with E-state index in [1.54, 1.807) is 19.1 Å². The monoisotopic (exact) mass is 315 g/mol. The second-order valence-corrected chi connectivity index (χ2v) is 4.99. The van der Waals surface area contributed by atoms with Crippen molar-refractivity contribution < 1.29 is 19.0 Å². The van der Waals surface area contributed by atoms with E-state index in [1.807, 2.05) is 0 Å². The fourth-order valence-corrected chi connectivity index (χ4v) is 2.06. The number of hydrogen-bond acceptors (Lipinski definition) is 5. The summed E-state index contributed by atoms with van der Waals surface area (Å²) in [6, 6.07) is 3.45. The minimum absolute atomic E-state index is 0.445. The second kappa shape index (κ2) is 8.74. The van der Waals surface area contributed by atoms with Crippen LogP contribution >= 0.6 is 11.6 Å². The highest BCUT2D eigenvalue weighted by atomic mass is 35.5. The highest BCUT2D eigenvalue weighted by Crippen LogP contribution is 2.35. The van der Waals surface area contributed by atoms with Crippen molar-refractivity contribution >= 4 is 17.6 Å². The van der Waals surface area contributed by atoms with E-state index in [2.05, 4.69) is 17.0 Å². The zero-order valence-electron chi connectivity index (χ0n) is 12.9. The third kappa shape index (κ3) is 5.10. The second-order valence-electron chi connectivity index (χ2n) is 4.56. The molecule has 118 valence electrons. The lowest BCUT2D eigenvalue weighted by molar-refractivity contribution is -0.147. The third-order valence-corrected chi connectivity index (χ3v) is 3.10. The summed E-state index contributed by atoms with van der Waals surface area (Å²) in [4.78, 5) is 11.5. The molecule has 1 unspecified atom stereocenters. The average Bonchev–Trinajstić information content (AvgIpc) is 2.48. The number of carbonyl (C=O) groups excluding carboxylic acids is 1. The van der Waals surface area contributed by atoms with Gasteiger partial charge in [-0.05, 0) is 26.0 Å². The summed E-state index contributed by atoms with van der Waals surface area (Å²) in [5.41, 5.74) is 0.837. The van der Waals surface area contributed by atoms with Crippen LogP contribution < -0.4 is 14.8 Å². The lowest BCUT2D eigenvalue weighted by atomic mass is 10.1. The molecule has 0 aliphatic heterocycles. The molecule has 5 nitrogen and oxygen atoms in total. The number of rotatable bonds is 8. The molecule has 0 aliphatic rings. The Morgan fingerprint density at radius 2 is 2.10 bits per heavy atom. The molecule has 0 radical (unpaired) electrons. The van der Waals surface area contributed by atoms with Crippen molar-refractivity contribution in [3.05, 3.63) is 22.7 Å². The van der Waals surface area contributed by atoms with Crippen LogP contribution in [0.1, 0.15) is 25.8 Å². The summed E-state index contributed by atoms with van der Waals surface area (Å²) in [6.07, 6.45) is 0.293. The first kappa shape index (κ1) is 17.6. The normalized spacial score (nSPS) is 11.9. The molecular weight excluding hydrogens is 294 g/mol. The van der Waals surface area contributed by atoms with Crippen LogP contribution in [0.5, 0.6) is 11.5 Å². The fourth-order valence-electron chi connectivity index (χ4n) is 1.83. The van der Waals surface area contributed by atoms with E-state index < -0.39 is 12.1 Å². The molecule has 0 aromatic heterocycles. The standard InChI is InChI=1S/C15H22ClNO4/c1-5-6-17-9-11-7-12(16)8-13(19-3)14(11)21-10(2)15(18)20-4/h7-8,10,17H,5-6,9H2,1-4H3. The van der Waals surface area contributed by atoms with E-state index in [0.29, 0.717) is 23.1 Å².